The molecule has 1 amide bonds. The summed E-state index contributed by atoms with van der Waals surface area (Å²) < 4.78 is 5.34. The Hall–Kier alpha value is -1.62. The Morgan fingerprint density at radius 3 is 2.71 bits per heavy atom. The molecule has 3 heterocycles. The van der Waals surface area contributed by atoms with Crippen molar-refractivity contribution in [3.8, 4) is 0 Å². The maximum atomic E-state index is 12.5. The fourth-order valence-corrected chi connectivity index (χ4v) is 3.30. The van der Waals surface area contributed by atoms with Gasteiger partial charge in [0.1, 0.15) is 0 Å². The van der Waals surface area contributed by atoms with Gasteiger partial charge in [0.15, 0.2) is 0 Å². The zero-order valence-corrected chi connectivity index (χ0v) is 12.6. The van der Waals surface area contributed by atoms with E-state index in [1.807, 2.05) is 17.2 Å². The molecule has 1 aromatic heterocycles. The normalized spacial score (nSPS) is 23.6. The molecule has 2 aliphatic rings. The smallest absolute Gasteiger partial charge is 0.225 e. The van der Waals surface area contributed by atoms with Crippen LogP contribution < -0.4 is 4.90 Å². The number of hydrogen-bond acceptors (Lipinski definition) is 4. The number of aromatic nitrogens is 1. The number of hydrogen-bond donors (Lipinski definition) is 0. The first-order valence-corrected chi connectivity index (χ1v) is 7.74. The van der Waals surface area contributed by atoms with Gasteiger partial charge in [-0.15, -0.1) is 0 Å². The van der Waals surface area contributed by atoms with Gasteiger partial charge >= 0.3 is 0 Å². The van der Waals surface area contributed by atoms with Crippen LogP contribution in [0.15, 0.2) is 24.5 Å². The summed E-state index contributed by atoms with van der Waals surface area (Å²) in [5.74, 6) is 0.494. The molecule has 1 aromatic rings. The van der Waals surface area contributed by atoms with Crippen LogP contribution in [0.25, 0.3) is 0 Å². The summed E-state index contributed by atoms with van der Waals surface area (Å²) in [5.41, 5.74) is 1.16. The molecule has 0 radical (unpaired) electrons. The van der Waals surface area contributed by atoms with E-state index in [0.29, 0.717) is 5.91 Å². The van der Waals surface area contributed by atoms with Crippen molar-refractivity contribution in [1.29, 1.82) is 0 Å². The van der Waals surface area contributed by atoms with Gasteiger partial charge in [-0.25, -0.2) is 0 Å². The largest absolute Gasteiger partial charge is 0.380 e. The molecule has 5 heteroatoms. The van der Waals surface area contributed by atoms with E-state index in [2.05, 4.69) is 16.0 Å². The molecule has 0 aromatic carbocycles. The molecular weight excluding hydrogens is 266 g/mol. The van der Waals surface area contributed by atoms with Crippen LogP contribution in [-0.4, -0.2) is 55.2 Å². The zero-order valence-electron chi connectivity index (χ0n) is 12.6. The van der Waals surface area contributed by atoms with E-state index in [-0.39, 0.29) is 12.0 Å². The van der Waals surface area contributed by atoms with Crippen LogP contribution in [0.2, 0.25) is 0 Å². The second-order valence-electron chi connectivity index (χ2n) is 5.90. The van der Waals surface area contributed by atoms with Crippen LogP contribution in [0.4, 0.5) is 5.69 Å². The number of methoxy groups -OCH3 is 1. The summed E-state index contributed by atoms with van der Waals surface area (Å²) in [6.07, 6.45) is 6.75. The summed E-state index contributed by atoms with van der Waals surface area (Å²) in [4.78, 5) is 21.0. The Labute approximate surface area is 125 Å². The molecule has 0 bridgehead atoms. The van der Waals surface area contributed by atoms with Crippen LogP contribution in [0.3, 0.4) is 0 Å². The topological polar surface area (TPSA) is 45.7 Å². The first-order valence-electron chi connectivity index (χ1n) is 7.74. The van der Waals surface area contributed by atoms with Gasteiger partial charge in [-0.05, 0) is 31.4 Å². The number of carbonyl (C=O) groups excluding carboxylic acids is 1. The number of pyridine rings is 1. The zero-order chi connectivity index (χ0) is 14.7. The number of anilines is 1. The number of amides is 1. The molecule has 1 atom stereocenters. The highest BCUT2D eigenvalue weighted by atomic mass is 16.5. The maximum absolute atomic E-state index is 12.5. The molecule has 0 aliphatic carbocycles. The predicted molar refractivity (Wildman–Crippen MR) is 81.2 cm³/mol. The number of nitrogens with zero attached hydrogens (tertiary/aromatic N) is 3. The van der Waals surface area contributed by atoms with Crippen LogP contribution in [0, 0.1) is 5.92 Å². The van der Waals surface area contributed by atoms with Gasteiger partial charge in [-0.2, -0.15) is 0 Å². The lowest BCUT2D eigenvalue weighted by atomic mass is 9.95. The molecule has 0 spiro atoms. The molecule has 2 fully saturated rings. The van der Waals surface area contributed by atoms with E-state index in [1.54, 1.807) is 13.3 Å². The highest BCUT2D eigenvalue weighted by molar-refractivity contribution is 5.79. The molecule has 0 N–H and O–H groups in total. The van der Waals surface area contributed by atoms with Gasteiger partial charge in [0, 0.05) is 45.4 Å². The predicted octanol–water partition coefficient (Wildman–Crippen LogP) is 1.55. The second-order valence-corrected chi connectivity index (χ2v) is 5.90. The summed E-state index contributed by atoms with van der Waals surface area (Å²) >= 11 is 0. The average molecular weight is 289 g/mol. The Morgan fingerprint density at radius 1 is 1.29 bits per heavy atom. The number of piperidine rings is 1. The fraction of sp³-hybridized carbons (Fsp3) is 0.625. The minimum atomic E-state index is 0.175. The van der Waals surface area contributed by atoms with Crippen LogP contribution in [0.1, 0.15) is 19.3 Å². The fourth-order valence-electron chi connectivity index (χ4n) is 3.30. The lowest BCUT2D eigenvalue weighted by Crippen LogP contribution is -2.42. The minimum absolute atomic E-state index is 0.175. The van der Waals surface area contributed by atoms with Crippen molar-refractivity contribution in [2.24, 2.45) is 5.92 Å². The number of likely N-dealkylation sites (tertiary alicyclic amines) is 1. The van der Waals surface area contributed by atoms with Crippen LogP contribution in [-0.2, 0) is 9.53 Å². The monoisotopic (exact) mass is 289 g/mol. The van der Waals surface area contributed by atoms with E-state index in [1.165, 1.54) is 0 Å². The van der Waals surface area contributed by atoms with Gasteiger partial charge < -0.3 is 14.5 Å². The number of ether oxygens (including phenoxy) is 1. The molecule has 1 unspecified atom stereocenters. The third kappa shape index (κ3) is 3.18. The van der Waals surface area contributed by atoms with Gasteiger partial charge in [-0.3, -0.25) is 9.78 Å². The maximum Gasteiger partial charge on any atom is 0.225 e. The van der Waals surface area contributed by atoms with E-state index in [0.717, 1.165) is 51.1 Å². The lowest BCUT2D eigenvalue weighted by Gasteiger charge is -2.34. The highest BCUT2D eigenvalue weighted by Gasteiger charge is 2.32. The van der Waals surface area contributed by atoms with Crippen molar-refractivity contribution < 1.29 is 9.53 Å². The van der Waals surface area contributed by atoms with Gasteiger partial charge in [0.05, 0.1) is 18.0 Å². The van der Waals surface area contributed by atoms with Crippen molar-refractivity contribution >= 4 is 11.6 Å². The summed E-state index contributed by atoms with van der Waals surface area (Å²) in [7, 11) is 1.73. The van der Waals surface area contributed by atoms with Crippen molar-refractivity contribution in [1.82, 2.24) is 9.88 Å². The molecule has 0 saturated carbocycles. The van der Waals surface area contributed by atoms with E-state index in [4.69, 9.17) is 4.74 Å². The summed E-state index contributed by atoms with van der Waals surface area (Å²) in [5, 5.41) is 0. The first kappa shape index (κ1) is 14.3. The third-order valence-electron chi connectivity index (χ3n) is 4.65. The van der Waals surface area contributed by atoms with Crippen molar-refractivity contribution in [2.45, 2.75) is 25.4 Å². The standard InChI is InChI=1S/C16H23N3O2/c1-21-15-6-10-19(12-15)16(20)13-4-8-18(9-5-13)14-3-2-7-17-11-14/h2-3,7,11,13,15H,4-6,8-10,12H2,1H3. The van der Waals surface area contributed by atoms with E-state index in [9.17, 15) is 4.79 Å². The SMILES string of the molecule is COC1CCN(C(=O)C2CCN(c3cccnc3)CC2)C1. The Morgan fingerprint density at radius 2 is 2.10 bits per heavy atom. The average Bonchev–Trinajstić information content (AvgIpc) is 3.04. The Bertz CT molecular complexity index is 472. The summed E-state index contributed by atoms with van der Waals surface area (Å²) in [6, 6.07) is 4.04. The third-order valence-corrected chi connectivity index (χ3v) is 4.65. The number of rotatable bonds is 3. The van der Waals surface area contributed by atoms with Gasteiger partial charge in [-0.1, -0.05) is 0 Å². The molecule has 114 valence electrons. The minimum Gasteiger partial charge on any atom is -0.380 e. The molecule has 21 heavy (non-hydrogen) atoms. The van der Waals surface area contributed by atoms with Crippen molar-refractivity contribution in [3.05, 3.63) is 24.5 Å². The Balaban J connectivity index is 1.53. The number of carbonyl (C=O) groups is 1. The van der Waals surface area contributed by atoms with Crippen LogP contribution in [0.5, 0.6) is 0 Å². The quantitative estimate of drug-likeness (QED) is 0.847. The molecule has 3 rings (SSSR count). The van der Waals surface area contributed by atoms with E-state index < -0.39 is 0 Å². The van der Waals surface area contributed by atoms with Crippen molar-refractivity contribution in [2.75, 3.05) is 38.2 Å². The molecule has 2 saturated heterocycles. The van der Waals surface area contributed by atoms with Crippen LogP contribution >= 0.6 is 0 Å². The van der Waals surface area contributed by atoms with Gasteiger partial charge in [0.2, 0.25) is 5.91 Å². The van der Waals surface area contributed by atoms with Gasteiger partial charge in [0.25, 0.3) is 0 Å². The molecule has 2 aliphatic heterocycles. The first-order chi connectivity index (χ1) is 10.3. The highest BCUT2D eigenvalue weighted by Crippen LogP contribution is 2.25. The van der Waals surface area contributed by atoms with Crippen molar-refractivity contribution in [3.63, 3.8) is 0 Å². The Kier molecular flexibility index (Phi) is 4.39. The lowest BCUT2D eigenvalue weighted by molar-refractivity contribution is -0.135. The molecular formula is C16H23N3O2. The molecule has 5 nitrogen and oxygen atoms in total. The van der Waals surface area contributed by atoms with E-state index >= 15 is 0 Å². The second kappa shape index (κ2) is 6.43. The summed E-state index contributed by atoms with van der Waals surface area (Å²) in [6.45, 7) is 3.48.